The summed E-state index contributed by atoms with van der Waals surface area (Å²) in [6, 6.07) is 22.3. The van der Waals surface area contributed by atoms with Crippen molar-refractivity contribution in [1.82, 2.24) is 15.1 Å². The zero-order valence-corrected chi connectivity index (χ0v) is 20.4. The molecule has 1 N–H and O–H groups in total. The lowest BCUT2D eigenvalue weighted by atomic mass is 9.82. The molecule has 0 bridgehead atoms. The average Bonchev–Trinajstić information content (AvgIpc) is 3.36. The fourth-order valence-electron chi connectivity index (χ4n) is 5.40. The Hall–Kier alpha value is -3.55. The molecule has 4 aromatic rings. The average molecular weight is 485 g/mol. The van der Waals surface area contributed by atoms with E-state index in [-0.39, 0.29) is 23.8 Å². The van der Waals surface area contributed by atoms with Crippen LogP contribution in [0.1, 0.15) is 25.5 Å². The SMILES string of the molecule is CC1(C)C(=O)N(c2ccc3c(cnn3-c3ccc(F)cc3)c2)[C@H](c2ccccc2)[C@H]1NCC1COC1. The molecular formula is C29H29FN4O2. The molecule has 184 valence electrons. The molecular weight excluding hydrogens is 455 g/mol. The summed E-state index contributed by atoms with van der Waals surface area (Å²) >= 11 is 0. The van der Waals surface area contributed by atoms with Crippen LogP contribution >= 0.6 is 0 Å². The summed E-state index contributed by atoms with van der Waals surface area (Å²) < 4.78 is 20.6. The van der Waals surface area contributed by atoms with Gasteiger partial charge in [0.15, 0.2) is 0 Å². The second-order valence-electron chi connectivity index (χ2n) is 10.3. The molecule has 1 amide bonds. The minimum atomic E-state index is -0.599. The summed E-state index contributed by atoms with van der Waals surface area (Å²) in [6.45, 7) is 6.42. The molecule has 2 atom stereocenters. The highest BCUT2D eigenvalue weighted by Crippen LogP contribution is 2.47. The number of aromatic nitrogens is 2. The van der Waals surface area contributed by atoms with Gasteiger partial charge in [0.05, 0.1) is 42.1 Å². The predicted octanol–water partition coefficient (Wildman–Crippen LogP) is 4.88. The first-order valence-electron chi connectivity index (χ1n) is 12.4. The van der Waals surface area contributed by atoms with Gasteiger partial charge in [-0.1, -0.05) is 30.3 Å². The molecule has 1 aromatic heterocycles. The van der Waals surface area contributed by atoms with Crippen LogP contribution in [-0.4, -0.2) is 41.5 Å². The number of amides is 1. The molecule has 2 aliphatic rings. The highest BCUT2D eigenvalue weighted by molar-refractivity contribution is 6.03. The Kier molecular flexibility index (Phi) is 5.62. The zero-order valence-electron chi connectivity index (χ0n) is 20.4. The number of halogens is 1. The van der Waals surface area contributed by atoms with E-state index >= 15 is 0 Å². The van der Waals surface area contributed by atoms with Crippen molar-refractivity contribution in [3.8, 4) is 5.69 Å². The molecule has 3 aromatic carbocycles. The minimum Gasteiger partial charge on any atom is -0.381 e. The van der Waals surface area contributed by atoms with Crippen LogP contribution in [0.2, 0.25) is 0 Å². The number of carbonyl (C=O) groups is 1. The van der Waals surface area contributed by atoms with Crippen LogP contribution in [0.15, 0.2) is 79.0 Å². The molecule has 3 heterocycles. The molecule has 7 heteroatoms. The monoisotopic (exact) mass is 484 g/mol. The lowest BCUT2D eigenvalue weighted by Crippen LogP contribution is -2.48. The van der Waals surface area contributed by atoms with E-state index in [4.69, 9.17) is 4.74 Å². The molecule has 0 spiro atoms. The third-order valence-corrected chi connectivity index (χ3v) is 7.52. The minimum absolute atomic E-state index is 0.0642. The van der Waals surface area contributed by atoms with Crippen LogP contribution in [0.5, 0.6) is 0 Å². The molecule has 0 saturated carbocycles. The van der Waals surface area contributed by atoms with Gasteiger partial charge in [0.1, 0.15) is 5.82 Å². The van der Waals surface area contributed by atoms with E-state index in [1.165, 1.54) is 12.1 Å². The first kappa shape index (κ1) is 22.9. The molecule has 0 radical (unpaired) electrons. The van der Waals surface area contributed by atoms with Crippen molar-refractivity contribution >= 4 is 22.5 Å². The van der Waals surface area contributed by atoms with E-state index in [1.807, 2.05) is 55.1 Å². The fourth-order valence-corrected chi connectivity index (χ4v) is 5.40. The Morgan fingerprint density at radius 1 is 1.03 bits per heavy atom. The van der Waals surface area contributed by atoms with Gasteiger partial charge in [0.2, 0.25) is 5.91 Å². The van der Waals surface area contributed by atoms with Gasteiger partial charge in [0.25, 0.3) is 0 Å². The highest BCUT2D eigenvalue weighted by Gasteiger charge is 2.54. The lowest BCUT2D eigenvalue weighted by Gasteiger charge is -2.34. The quantitative estimate of drug-likeness (QED) is 0.424. The molecule has 2 saturated heterocycles. The van der Waals surface area contributed by atoms with Gasteiger partial charge in [-0.25, -0.2) is 9.07 Å². The topological polar surface area (TPSA) is 59.4 Å². The van der Waals surface area contributed by atoms with Crippen LogP contribution in [0.3, 0.4) is 0 Å². The van der Waals surface area contributed by atoms with Gasteiger partial charge in [0, 0.05) is 29.6 Å². The van der Waals surface area contributed by atoms with Crippen molar-refractivity contribution in [2.24, 2.45) is 11.3 Å². The van der Waals surface area contributed by atoms with Crippen LogP contribution < -0.4 is 10.2 Å². The summed E-state index contributed by atoms with van der Waals surface area (Å²) in [7, 11) is 0. The smallest absolute Gasteiger partial charge is 0.234 e. The van der Waals surface area contributed by atoms with Crippen molar-refractivity contribution < 1.29 is 13.9 Å². The van der Waals surface area contributed by atoms with Gasteiger partial charge < -0.3 is 15.0 Å². The maximum atomic E-state index is 13.9. The summed E-state index contributed by atoms with van der Waals surface area (Å²) in [6.07, 6.45) is 1.79. The van der Waals surface area contributed by atoms with Crippen LogP contribution in [-0.2, 0) is 9.53 Å². The molecule has 2 fully saturated rings. The standard InChI is InChI=1S/C29H29FN4O2/c1-29(2)27(31-15-19-17-36-18-19)26(20-6-4-3-5-7-20)33(28(29)35)24-12-13-25-21(14-24)16-32-34(25)23-10-8-22(30)9-11-23/h3-14,16,19,26-27,31H,15,17-18H2,1-2H3/t26-,27-/m1/s1. The number of nitrogens with zero attached hydrogens (tertiary/aromatic N) is 3. The van der Waals surface area contributed by atoms with Crippen molar-refractivity contribution in [3.63, 3.8) is 0 Å². The zero-order chi connectivity index (χ0) is 24.9. The number of hydrogen-bond donors (Lipinski definition) is 1. The molecule has 36 heavy (non-hydrogen) atoms. The Bertz CT molecular complexity index is 1400. The van der Waals surface area contributed by atoms with Gasteiger partial charge in [-0.2, -0.15) is 5.10 Å². The Labute approximate surface area is 209 Å². The Morgan fingerprint density at radius 2 is 1.75 bits per heavy atom. The molecule has 0 unspecified atom stereocenters. The van der Waals surface area contributed by atoms with Crippen molar-refractivity contribution in [1.29, 1.82) is 0 Å². The van der Waals surface area contributed by atoms with Gasteiger partial charge in [-0.05, 0) is 61.9 Å². The van der Waals surface area contributed by atoms with Gasteiger partial charge in [-0.3, -0.25) is 4.79 Å². The van der Waals surface area contributed by atoms with Crippen molar-refractivity contribution in [3.05, 3.63) is 90.4 Å². The van der Waals surface area contributed by atoms with Crippen molar-refractivity contribution in [2.75, 3.05) is 24.7 Å². The second-order valence-corrected chi connectivity index (χ2v) is 10.3. The number of carbonyl (C=O) groups excluding carboxylic acids is 1. The second kappa shape index (κ2) is 8.84. The van der Waals surface area contributed by atoms with Gasteiger partial charge >= 0.3 is 0 Å². The maximum absolute atomic E-state index is 13.9. The molecule has 0 aliphatic carbocycles. The van der Waals surface area contributed by atoms with E-state index in [9.17, 15) is 9.18 Å². The third kappa shape index (κ3) is 3.79. The predicted molar refractivity (Wildman–Crippen MR) is 138 cm³/mol. The summed E-state index contributed by atoms with van der Waals surface area (Å²) in [4.78, 5) is 15.9. The molecule has 2 aliphatic heterocycles. The maximum Gasteiger partial charge on any atom is 0.234 e. The number of anilines is 1. The van der Waals surface area contributed by atoms with Crippen LogP contribution in [0.4, 0.5) is 10.1 Å². The van der Waals surface area contributed by atoms with E-state index in [0.717, 1.165) is 47.6 Å². The number of nitrogens with one attached hydrogen (secondary N) is 1. The fraction of sp³-hybridized carbons (Fsp3) is 0.310. The first-order valence-corrected chi connectivity index (χ1v) is 12.4. The highest BCUT2D eigenvalue weighted by atomic mass is 19.1. The number of benzene rings is 3. The largest absolute Gasteiger partial charge is 0.381 e. The number of fused-ring (bicyclic) bond motifs is 1. The summed E-state index contributed by atoms with van der Waals surface area (Å²) in [5.74, 6) is 0.284. The summed E-state index contributed by atoms with van der Waals surface area (Å²) in [5.41, 5.74) is 3.01. The summed E-state index contributed by atoms with van der Waals surface area (Å²) in [5, 5.41) is 9.18. The molecule has 6 rings (SSSR count). The number of ether oxygens (including phenoxy) is 1. The number of hydrogen-bond acceptors (Lipinski definition) is 4. The Morgan fingerprint density at radius 3 is 2.44 bits per heavy atom. The molecule has 6 nitrogen and oxygen atoms in total. The van der Waals surface area contributed by atoms with E-state index in [1.54, 1.807) is 23.0 Å². The lowest BCUT2D eigenvalue weighted by molar-refractivity contribution is -0.124. The van der Waals surface area contributed by atoms with Crippen molar-refractivity contribution in [2.45, 2.75) is 25.9 Å². The normalized spacial score (nSPS) is 21.8. The van der Waals surface area contributed by atoms with Gasteiger partial charge in [-0.15, -0.1) is 0 Å². The Balaban J connectivity index is 1.40. The van der Waals surface area contributed by atoms with Crippen LogP contribution in [0, 0.1) is 17.2 Å². The third-order valence-electron chi connectivity index (χ3n) is 7.52. The van der Waals surface area contributed by atoms with E-state index < -0.39 is 5.41 Å². The number of rotatable bonds is 6. The van der Waals surface area contributed by atoms with E-state index in [2.05, 4.69) is 22.5 Å². The van der Waals surface area contributed by atoms with Crippen LogP contribution in [0.25, 0.3) is 16.6 Å². The first-order chi connectivity index (χ1) is 17.4. The van der Waals surface area contributed by atoms with E-state index in [0.29, 0.717) is 5.92 Å².